The molecule has 0 aliphatic carbocycles. The van der Waals surface area contributed by atoms with Crippen LogP contribution in [0.3, 0.4) is 0 Å². The summed E-state index contributed by atoms with van der Waals surface area (Å²) in [7, 11) is 1.53. The number of carbonyl (C=O) groups is 1. The van der Waals surface area contributed by atoms with Crippen molar-refractivity contribution >= 4 is 5.78 Å². The van der Waals surface area contributed by atoms with E-state index in [1.165, 1.54) is 26.2 Å². The highest BCUT2D eigenvalue weighted by atomic mass is 19.1. The van der Waals surface area contributed by atoms with Gasteiger partial charge in [-0.25, -0.2) is 4.39 Å². The zero-order valence-electron chi connectivity index (χ0n) is 8.34. The molecule has 1 aromatic rings. The molecule has 0 heterocycles. The summed E-state index contributed by atoms with van der Waals surface area (Å²) in [4.78, 5) is 10.8. The van der Waals surface area contributed by atoms with Crippen LogP contribution >= 0.6 is 0 Å². The number of halogens is 1. The maximum Gasteiger partial charge on any atom is 0.130 e. The highest BCUT2D eigenvalue weighted by Gasteiger charge is 2.05. The van der Waals surface area contributed by atoms with Gasteiger partial charge in [-0.1, -0.05) is 0 Å². The highest BCUT2D eigenvalue weighted by Crippen LogP contribution is 2.20. The third-order valence-electron chi connectivity index (χ3n) is 1.99. The first kappa shape index (κ1) is 10.7. The molecule has 0 atom stereocenters. The topological polar surface area (TPSA) is 26.3 Å². The summed E-state index contributed by atoms with van der Waals surface area (Å²) >= 11 is 0. The molecule has 0 aliphatic heterocycles. The first-order valence-electron chi connectivity index (χ1n) is 4.45. The van der Waals surface area contributed by atoms with Gasteiger partial charge in [-0.3, -0.25) is 0 Å². The maximum atomic E-state index is 12.9. The van der Waals surface area contributed by atoms with Crippen LogP contribution in [-0.4, -0.2) is 12.9 Å². The van der Waals surface area contributed by atoms with Crippen LogP contribution in [0.15, 0.2) is 18.2 Å². The summed E-state index contributed by atoms with van der Waals surface area (Å²) in [5.74, 6) is 0.424. The summed E-state index contributed by atoms with van der Waals surface area (Å²) < 4.78 is 17.9. The average molecular weight is 196 g/mol. The van der Waals surface area contributed by atoms with E-state index in [0.29, 0.717) is 18.6 Å². The Hall–Kier alpha value is -1.38. The van der Waals surface area contributed by atoms with E-state index in [0.717, 1.165) is 5.56 Å². The normalized spacial score (nSPS) is 9.93. The molecular weight excluding hydrogens is 183 g/mol. The largest absolute Gasteiger partial charge is 0.496 e. The highest BCUT2D eigenvalue weighted by molar-refractivity contribution is 5.75. The lowest BCUT2D eigenvalue weighted by molar-refractivity contribution is -0.116. The number of benzene rings is 1. The smallest absolute Gasteiger partial charge is 0.130 e. The molecule has 0 N–H and O–H groups in total. The molecule has 0 bridgehead atoms. The quantitative estimate of drug-likeness (QED) is 0.738. The van der Waals surface area contributed by atoms with Gasteiger partial charge in [0.1, 0.15) is 17.3 Å². The lowest BCUT2D eigenvalue weighted by Gasteiger charge is -2.07. The van der Waals surface area contributed by atoms with E-state index in [1.807, 2.05) is 0 Å². The molecule has 0 aliphatic rings. The predicted octanol–water partition coefficient (Wildman–Crippen LogP) is 2.36. The van der Waals surface area contributed by atoms with E-state index in [-0.39, 0.29) is 11.6 Å². The number of aryl methyl sites for hydroxylation is 1. The molecule has 0 aromatic heterocycles. The van der Waals surface area contributed by atoms with E-state index in [4.69, 9.17) is 4.74 Å². The summed E-state index contributed by atoms with van der Waals surface area (Å²) in [6.45, 7) is 1.52. The van der Waals surface area contributed by atoms with Crippen molar-refractivity contribution in [3.63, 3.8) is 0 Å². The summed E-state index contributed by atoms with van der Waals surface area (Å²) in [6.07, 6.45) is 0.941. The molecule has 3 heteroatoms. The van der Waals surface area contributed by atoms with Gasteiger partial charge in [0, 0.05) is 6.42 Å². The molecule has 76 valence electrons. The second kappa shape index (κ2) is 4.74. The van der Waals surface area contributed by atoms with Gasteiger partial charge < -0.3 is 9.53 Å². The molecule has 0 amide bonds. The lowest BCUT2D eigenvalue weighted by Crippen LogP contribution is -1.97. The minimum Gasteiger partial charge on any atom is -0.496 e. The van der Waals surface area contributed by atoms with Crippen LogP contribution < -0.4 is 4.74 Å². The average Bonchev–Trinajstić information content (AvgIpc) is 2.15. The second-order valence-corrected chi connectivity index (χ2v) is 3.16. The predicted molar refractivity (Wildman–Crippen MR) is 52.0 cm³/mol. The van der Waals surface area contributed by atoms with Crippen LogP contribution in [0, 0.1) is 5.82 Å². The molecule has 0 unspecified atom stereocenters. The SMILES string of the molecule is COc1ccc(F)cc1CCC(C)=O. The molecule has 1 aromatic carbocycles. The van der Waals surface area contributed by atoms with Crippen molar-refractivity contribution in [3.05, 3.63) is 29.6 Å². The molecule has 0 spiro atoms. The van der Waals surface area contributed by atoms with Crippen molar-refractivity contribution < 1.29 is 13.9 Å². The van der Waals surface area contributed by atoms with Crippen molar-refractivity contribution in [2.75, 3.05) is 7.11 Å². The fraction of sp³-hybridized carbons (Fsp3) is 0.364. The van der Waals surface area contributed by atoms with Crippen molar-refractivity contribution in [3.8, 4) is 5.75 Å². The van der Waals surface area contributed by atoms with Crippen LogP contribution in [-0.2, 0) is 11.2 Å². The number of ketones is 1. The Morgan fingerprint density at radius 1 is 1.50 bits per heavy atom. The number of hydrogen-bond acceptors (Lipinski definition) is 2. The Morgan fingerprint density at radius 2 is 2.21 bits per heavy atom. The molecule has 14 heavy (non-hydrogen) atoms. The Morgan fingerprint density at radius 3 is 2.79 bits per heavy atom. The molecule has 1 rings (SSSR count). The van der Waals surface area contributed by atoms with Gasteiger partial charge in [0.2, 0.25) is 0 Å². The molecule has 0 saturated heterocycles. The van der Waals surface area contributed by atoms with E-state index in [2.05, 4.69) is 0 Å². The minimum absolute atomic E-state index is 0.0938. The summed E-state index contributed by atoms with van der Waals surface area (Å²) in [5.41, 5.74) is 0.739. The van der Waals surface area contributed by atoms with E-state index < -0.39 is 0 Å². The number of methoxy groups -OCH3 is 1. The number of carbonyl (C=O) groups excluding carboxylic acids is 1. The third-order valence-corrected chi connectivity index (χ3v) is 1.99. The number of hydrogen-bond donors (Lipinski definition) is 0. The Balaban J connectivity index is 2.82. The van der Waals surface area contributed by atoms with Crippen molar-refractivity contribution in [1.82, 2.24) is 0 Å². The van der Waals surface area contributed by atoms with Crippen molar-refractivity contribution in [2.24, 2.45) is 0 Å². The molecular formula is C11H13FO2. The van der Waals surface area contributed by atoms with Crippen LogP contribution in [0.1, 0.15) is 18.9 Å². The standard InChI is InChI=1S/C11H13FO2/c1-8(13)3-4-9-7-10(12)5-6-11(9)14-2/h5-7H,3-4H2,1-2H3. The van der Waals surface area contributed by atoms with Gasteiger partial charge in [-0.2, -0.15) is 0 Å². The summed E-state index contributed by atoms with van der Waals surface area (Å²) in [5, 5.41) is 0. The van der Waals surface area contributed by atoms with Gasteiger partial charge in [0.15, 0.2) is 0 Å². The van der Waals surface area contributed by atoms with E-state index in [9.17, 15) is 9.18 Å². The summed E-state index contributed by atoms with van der Waals surface area (Å²) in [6, 6.07) is 4.32. The first-order chi connectivity index (χ1) is 6.63. The van der Waals surface area contributed by atoms with E-state index in [1.54, 1.807) is 6.07 Å². The zero-order chi connectivity index (χ0) is 10.6. The second-order valence-electron chi connectivity index (χ2n) is 3.16. The van der Waals surface area contributed by atoms with Gasteiger partial charge in [0.25, 0.3) is 0 Å². The van der Waals surface area contributed by atoms with Crippen LogP contribution in [0.5, 0.6) is 5.75 Å². The van der Waals surface area contributed by atoms with Gasteiger partial charge in [0.05, 0.1) is 7.11 Å². The van der Waals surface area contributed by atoms with Gasteiger partial charge >= 0.3 is 0 Å². The fourth-order valence-corrected chi connectivity index (χ4v) is 1.25. The first-order valence-corrected chi connectivity index (χ1v) is 4.45. The monoisotopic (exact) mass is 196 g/mol. The maximum absolute atomic E-state index is 12.9. The Labute approximate surface area is 82.7 Å². The number of rotatable bonds is 4. The Bertz CT molecular complexity index is 334. The third kappa shape index (κ3) is 2.83. The number of ether oxygens (including phenoxy) is 1. The van der Waals surface area contributed by atoms with Crippen molar-refractivity contribution in [1.29, 1.82) is 0 Å². The molecule has 0 saturated carbocycles. The van der Waals surface area contributed by atoms with E-state index >= 15 is 0 Å². The minimum atomic E-state index is -0.302. The fourth-order valence-electron chi connectivity index (χ4n) is 1.25. The van der Waals surface area contributed by atoms with Gasteiger partial charge in [-0.15, -0.1) is 0 Å². The molecule has 0 fully saturated rings. The molecule has 0 radical (unpaired) electrons. The van der Waals surface area contributed by atoms with Crippen LogP contribution in [0.25, 0.3) is 0 Å². The van der Waals surface area contributed by atoms with Crippen LogP contribution in [0.4, 0.5) is 4.39 Å². The van der Waals surface area contributed by atoms with Gasteiger partial charge in [-0.05, 0) is 37.1 Å². The number of Topliss-reactive ketones (excluding diaryl/α,β-unsaturated/α-hetero) is 1. The van der Waals surface area contributed by atoms with Crippen molar-refractivity contribution in [2.45, 2.75) is 19.8 Å². The van der Waals surface area contributed by atoms with Crippen LogP contribution in [0.2, 0.25) is 0 Å². The lowest BCUT2D eigenvalue weighted by atomic mass is 10.1. The molecule has 2 nitrogen and oxygen atoms in total. The Kier molecular flexibility index (Phi) is 3.63. The zero-order valence-corrected chi connectivity index (χ0v) is 8.34.